The molecule has 3 atom stereocenters. The molecule has 1 aromatic carbocycles. The molecule has 6 nitrogen and oxygen atoms in total. The van der Waals surface area contributed by atoms with Gasteiger partial charge in [0.1, 0.15) is 6.29 Å². The van der Waals surface area contributed by atoms with Crippen LogP contribution in [0.3, 0.4) is 0 Å². The molecular weight excluding hydrogens is 352 g/mol. The largest absolute Gasteiger partial charge is 0.348 e. The highest BCUT2D eigenvalue weighted by molar-refractivity contribution is 5.89. The molecule has 4 fully saturated rings. The van der Waals surface area contributed by atoms with Crippen LogP contribution in [0.25, 0.3) is 0 Å². The van der Waals surface area contributed by atoms with Gasteiger partial charge in [-0.3, -0.25) is 19.8 Å². The SMILES string of the molecule is O=C1CC(C(=O)N[C@@H](c2ccc(C3CC3)cc2)C2CC2)NC(N2CCCC2)N1. The zero-order valence-electron chi connectivity index (χ0n) is 16.3. The van der Waals surface area contributed by atoms with Gasteiger partial charge < -0.3 is 10.6 Å². The fraction of sp³-hybridized carbons (Fsp3) is 0.636. The average molecular weight is 383 g/mol. The summed E-state index contributed by atoms with van der Waals surface area (Å²) in [4.78, 5) is 27.4. The highest BCUT2D eigenvalue weighted by atomic mass is 16.2. The lowest BCUT2D eigenvalue weighted by Crippen LogP contribution is -2.66. The van der Waals surface area contributed by atoms with Crippen LogP contribution in [-0.2, 0) is 9.59 Å². The lowest BCUT2D eigenvalue weighted by Gasteiger charge is -2.36. The Balaban J connectivity index is 1.26. The number of carbonyl (C=O) groups excluding carboxylic acids is 2. The van der Waals surface area contributed by atoms with Crippen LogP contribution in [0.1, 0.15) is 68.0 Å². The lowest BCUT2D eigenvalue weighted by atomic mass is 9.98. The van der Waals surface area contributed by atoms with E-state index < -0.39 is 6.04 Å². The summed E-state index contributed by atoms with van der Waals surface area (Å²) in [5.41, 5.74) is 2.61. The molecule has 2 amide bonds. The van der Waals surface area contributed by atoms with Gasteiger partial charge in [-0.05, 0) is 61.5 Å². The van der Waals surface area contributed by atoms with Crippen LogP contribution >= 0.6 is 0 Å². The summed E-state index contributed by atoms with van der Waals surface area (Å²) in [6.07, 6.45) is 7.18. The Morgan fingerprint density at radius 2 is 1.79 bits per heavy atom. The van der Waals surface area contributed by atoms with Gasteiger partial charge in [-0.25, -0.2) is 0 Å². The Hall–Kier alpha value is -1.92. The van der Waals surface area contributed by atoms with Gasteiger partial charge in [0.2, 0.25) is 11.8 Å². The number of likely N-dealkylation sites (tertiary alicyclic amines) is 1. The molecule has 2 saturated heterocycles. The molecule has 2 aliphatic heterocycles. The van der Waals surface area contributed by atoms with Crippen LogP contribution in [-0.4, -0.2) is 42.1 Å². The topological polar surface area (TPSA) is 73.5 Å². The normalized spacial score (nSPS) is 29.4. The third kappa shape index (κ3) is 3.94. The number of nitrogens with zero attached hydrogens (tertiary/aromatic N) is 1. The minimum Gasteiger partial charge on any atom is -0.348 e. The minimum absolute atomic E-state index is 0.0486. The van der Waals surface area contributed by atoms with Crippen LogP contribution < -0.4 is 16.0 Å². The number of benzene rings is 1. The molecule has 5 rings (SSSR count). The summed E-state index contributed by atoms with van der Waals surface area (Å²) < 4.78 is 0. The van der Waals surface area contributed by atoms with Crippen molar-refractivity contribution in [1.29, 1.82) is 0 Å². The predicted molar refractivity (Wildman–Crippen MR) is 106 cm³/mol. The van der Waals surface area contributed by atoms with Crippen molar-refractivity contribution in [1.82, 2.24) is 20.9 Å². The van der Waals surface area contributed by atoms with Crippen molar-refractivity contribution in [3.05, 3.63) is 35.4 Å². The fourth-order valence-electron chi connectivity index (χ4n) is 4.60. The number of amides is 2. The minimum atomic E-state index is -0.466. The summed E-state index contributed by atoms with van der Waals surface area (Å²) in [5.74, 6) is 1.16. The molecule has 3 N–H and O–H groups in total. The number of rotatable bonds is 6. The molecule has 1 aromatic rings. The van der Waals surface area contributed by atoms with Crippen LogP contribution in [0, 0.1) is 5.92 Å². The van der Waals surface area contributed by atoms with Crippen molar-refractivity contribution in [3.8, 4) is 0 Å². The van der Waals surface area contributed by atoms with Gasteiger partial charge in [-0.1, -0.05) is 24.3 Å². The molecule has 150 valence electrons. The van der Waals surface area contributed by atoms with Crippen molar-refractivity contribution < 1.29 is 9.59 Å². The van der Waals surface area contributed by atoms with Gasteiger partial charge >= 0.3 is 0 Å². The third-order valence-corrected chi connectivity index (χ3v) is 6.60. The third-order valence-electron chi connectivity index (χ3n) is 6.60. The Morgan fingerprint density at radius 1 is 1.07 bits per heavy atom. The van der Waals surface area contributed by atoms with E-state index in [4.69, 9.17) is 0 Å². The Kier molecular flexibility index (Phi) is 4.85. The first-order valence-electron chi connectivity index (χ1n) is 10.9. The van der Waals surface area contributed by atoms with E-state index >= 15 is 0 Å². The van der Waals surface area contributed by atoms with Crippen LogP contribution in [0.5, 0.6) is 0 Å². The van der Waals surface area contributed by atoms with E-state index in [1.54, 1.807) is 0 Å². The zero-order valence-corrected chi connectivity index (χ0v) is 16.3. The monoisotopic (exact) mass is 382 g/mol. The van der Waals surface area contributed by atoms with Gasteiger partial charge in [0.15, 0.2) is 0 Å². The van der Waals surface area contributed by atoms with Gasteiger partial charge in [-0.2, -0.15) is 0 Å². The second-order valence-corrected chi connectivity index (χ2v) is 8.90. The van der Waals surface area contributed by atoms with E-state index in [2.05, 4.69) is 45.1 Å². The summed E-state index contributed by atoms with van der Waals surface area (Å²) in [6, 6.07) is 8.41. The predicted octanol–water partition coefficient (Wildman–Crippen LogP) is 1.99. The van der Waals surface area contributed by atoms with Crippen molar-refractivity contribution in [2.75, 3.05) is 13.1 Å². The molecule has 0 bridgehead atoms. The molecule has 2 aliphatic carbocycles. The fourth-order valence-corrected chi connectivity index (χ4v) is 4.60. The molecule has 4 aliphatic rings. The van der Waals surface area contributed by atoms with Crippen molar-refractivity contribution in [2.24, 2.45) is 5.92 Å². The van der Waals surface area contributed by atoms with Crippen LogP contribution in [0.15, 0.2) is 24.3 Å². The van der Waals surface area contributed by atoms with E-state index in [-0.39, 0.29) is 30.6 Å². The molecule has 2 heterocycles. The molecule has 28 heavy (non-hydrogen) atoms. The van der Waals surface area contributed by atoms with E-state index in [1.165, 1.54) is 24.0 Å². The summed E-state index contributed by atoms with van der Waals surface area (Å²) in [6.45, 7) is 1.93. The number of carbonyl (C=O) groups is 2. The molecular formula is C22H30N4O2. The lowest BCUT2D eigenvalue weighted by molar-refractivity contribution is -0.134. The van der Waals surface area contributed by atoms with Gasteiger partial charge in [0.05, 0.1) is 18.5 Å². The van der Waals surface area contributed by atoms with E-state index in [9.17, 15) is 9.59 Å². The first-order chi connectivity index (χ1) is 13.7. The van der Waals surface area contributed by atoms with Crippen LogP contribution in [0.4, 0.5) is 0 Å². The standard InChI is InChI=1S/C22H30N4O2/c27-19-13-18(23-22(24-19)26-11-1-2-12-26)21(28)25-20(17-9-10-17)16-7-5-15(6-8-16)14-3-4-14/h5-8,14,17-18,20,22-23H,1-4,9-13H2,(H,24,27)(H,25,28)/t18?,20-,22?/m0/s1. The van der Waals surface area contributed by atoms with Crippen molar-refractivity contribution in [3.63, 3.8) is 0 Å². The van der Waals surface area contributed by atoms with Gasteiger partial charge in [-0.15, -0.1) is 0 Å². The maximum Gasteiger partial charge on any atom is 0.238 e. The molecule has 0 aromatic heterocycles. The van der Waals surface area contributed by atoms with Gasteiger partial charge in [0, 0.05) is 13.1 Å². The number of hydrogen-bond donors (Lipinski definition) is 3. The summed E-state index contributed by atoms with van der Waals surface area (Å²) in [7, 11) is 0. The summed E-state index contributed by atoms with van der Waals surface area (Å²) >= 11 is 0. The molecule has 0 spiro atoms. The quantitative estimate of drug-likeness (QED) is 0.704. The van der Waals surface area contributed by atoms with Crippen molar-refractivity contribution in [2.45, 2.75) is 69.2 Å². The zero-order chi connectivity index (χ0) is 19.1. The van der Waals surface area contributed by atoms with E-state index in [1.807, 2.05) is 0 Å². The maximum absolute atomic E-state index is 13.0. The smallest absolute Gasteiger partial charge is 0.238 e. The molecule has 0 radical (unpaired) electrons. The highest BCUT2D eigenvalue weighted by Gasteiger charge is 2.38. The molecule has 6 heteroatoms. The first kappa shape index (κ1) is 18.1. The number of nitrogens with one attached hydrogen (secondary N) is 3. The van der Waals surface area contributed by atoms with Crippen LogP contribution in [0.2, 0.25) is 0 Å². The maximum atomic E-state index is 13.0. The second-order valence-electron chi connectivity index (χ2n) is 8.90. The molecule has 2 saturated carbocycles. The molecule has 2 unspecified atom stereocenters. The van der Waals surface area contributed by atoms with Crippen molar-refractivity contribution >= 4 is 11.8 Å². The Bertz CT molecular complexity index is 735. The average Bonchev–Trinajstić information content (AvgIpc) is 3.64. The van der Waals surface area contributed by atoms with Gasteiger partial charge in [0.25, 0.3) is 0 Å². The summed E-state index contributed by atoms with van der Waals surface area (Å²) in [5, 5.41) is 9.60. The Morgan fingerprint density at radius 3 is 2.43 bits per heavy atom. The Labute approximate surface area is 166 Å². The second kappa shape index (κ2) is 7.48. The highest BCUT2D eigenvalue weighted by Crippen LogP contribution is 2.43. The number of hydrogen-bond acceptors (Lipinski definition) is 4. The first-order valence-corrected chi connectivity index (χ1v) is 10.9. The van der Waals surface area contributed by atoms with E-state index in [0.29, 0.717) is 5.92 Å². The van der Waals surface area contributed by atoms with E-state index in [0.717, 1.165) is 44.7 Å².